The molecule has 0 rings (SSSR count). The summed E-state index contributed by atoms with van der Waals surface area (Å²) in [7, 11) is 5.14. The highest BCUT2D eigenvalue weighted by molar-refractivity contribution is 6.08. The molecule has 0 amide bonds. The number of rotatable bonds is 6. The molecule has 0 aliphatic carbocycles. The normalized spacial score (nSPS) is 14.4. The molecule has 0 aromatic heterocycles. The number of hydrogen-bond donors (Lipinski definition) is 2. The number of quaternary nitrogens is 1. The summed E-state index contributed by atoms with van der Waals surface area (Å²) < 4.78 is 0.248. The predicted octanol–water partition coefficient (Wildman–Crippen LogP) is -1.48. The summed E-state index contributed by atoms with van der Waals surface area (Å²) in [4.78, 5) is 32.1. The highest BCUT2D eigenvalue weighted by atomic mass is 16.4. The Kier molecular flexibility index (Phi) is 4.12. The van der Waals surface area contributed by atoms with Gasteiger partial charge in [-0.3, -0.25) is 4.79 Å². The van der Waals surface area contributed by atoms with E-state index in [1.807, 2.05) is 0 Å². The molecule has 6 heteroatoms. The van der Waals surface area contributed by atoms with Crippen LogP contribution in [0.25, 0.3) is 0 Å². The molecule has 86 valence electrons. The summed E-state index contributed by atoms with van der Waals surface area (Å²) >= 11 is 0. The quantitative estimate of drug-likeness (QED) is 0.322. The fourth-order valence-electron chi connectivity index (χ4n) is 1.10. The van der Waals surface area contributed by atoms with Crippen molar-refractivity contribution in [2.45, 2.75) is 6.10 Å². The Morgan fingerprint density at radius 3 is 1.93 bits per heavy atom. The first-order valence-corrected chi connectivity index (χ1v) is 4.34. The number of carboxylic acid groups (broad SMARTS) is 1. The van der Waals surface area contributed by atoms with Crippen LogP contribution >= 0.6 is 0 Å². The number of carbonyl (C=O) groups is 3. The van der Waals surface area contributed by atoms with Gasteiger partial charge in [0.2, 0.25) is 5.41 Å². The van der Waals surface area contributed by atoms with Gasteiger partial charge >= 0.3 is 5.97 Å². The van der Waals surface area contributed by atoms with Crippen molar-refractivity contribution in [3.05, 3.63) is 0 Å². The number of carbonyl (C=O) groups excluding carboxylic acids is 2. The van der Waals surface area contributed by atoms with Gasteiger partial charge in [-0.15, -0.1) is 0 Å². The van der Waals surface area contributed by atoms with Crippen LogP contribution in [0.1, 0.15) is 0 Å². The number of nitrogens with zero attached hydrogens (tertiary/aromatic N) is 1. The van der Waals surface area contributed by atoms with Crippen molar-refractivity contribution in [1.82, 2.24) is 0 Å². The Bertz CT molecular complexity index is 260. The van der Waals surface area contributed by atoms with Crippen molar-refractivity contribution >= 4 is 18.5 Å². The number of aldehydes is 2. The van der Waals surface area contributed by atoms with Crippen molar-refractivity contribution in [2.24, 2.45) is 5.41 Å². The lowest BCUT2D eigenvalue weighted by atomic mass is 9.84. The molecule has 1 unspecified atom stereocenters. The van der Waals surface area contributed by atoms with Crippen LogP contribution in [-0.2, 0) is 14.4 Å². The van der Waals surface area contributed by atoms with E-state index in [9.17, 15) is 19.5 Å². The Balaban J connectivity index is 5.02. The van der Waals surface area contributed by atoms with Gasteiger partial charge in [-0.25, -0.2) is 0 Å². The van der Waals surface area contributed by atoms with Gasteiger partial charge in [0.1, 0.15) is 25.2 Å². The molecule has 1 atom stereocenters. The minimum atomic E-state index is -2.36. The van der Waals surface area contributed by atoms with Gasteiger partial charge in [0, 0.05) is 0 Å². The SMILES string of the molecule is C[N+](C)(C)CC(O)C(C=O)(C=O)C(=O)O. The summed E-state index contributed by atoms with van der Waals surface area (Å²) in [5, 5.41) is 18.4. The zero-order valence-electron chi connectivity index (χ0n) is 9.01. The Morgan fingerprint density at radius 2 is 1.73 bits per heavy atom. The highest BCUT2D eigenvalue weighted by Crippen LogP contribution is 2.19. The number of aliphatic hydroxyl groups is 1. The third-order valence-corrected chi connectivity index (χ3v) is 2.03. The van der Waals surface area contributed by atoms with Crippen LogP contribution < -0.4 is 0 Å². The van der Waals surface area contributed by atoms with E-state index in [0.29, 0.717) is 0 Å². The molecule has 0 saturated heterocycles. The van der Waals surface area contributed by atoms with E-state index in [1.54, 1.807) is 21.1 Å². The monoisotopic (exact) mass is 218 g/mol. The number of carboxylic acids is 1. The smallest absolute Gasteiger partial charge is 0.327 e. The molecule has 0 saturated carbocycles. The van der Waals surface area contributed by atoms with Crippen molar-refractivity contribution in [2.75, 3.05) is 27.7 Å². The number of aliphatic hydroxyl groups excluding tert-OH is 1. The lowest BCUT2D eigenvalue weighted by molar-refractivity contribution is -0.874. The average Bonchev–Trinajstić information content (AvgIpc) is 2.03. The zero-order valence-corrected chi connectivity index (χ0v) is 9.01. The fraction of sp³-hybridized carbons (Fsp3) is 0.667. The lowest BCUT2D eigenvalue weighted by Crippen LogP contribution is -2.53. The van der Waals surface area contributed by atoms with Crippen molar-refractivity contribution in [3.8, 4) is 0 Å². The van der Waals surface area contributed by atoms with E-state index in [2.05, 4.69) is 0 Å². The molecule has 6 nitrogen and oxygen atoms in total. The number of aliphatic carboxylic acids is 1. The minimum Gasteiger partial charge on any atom is -0.480 e. The van der Waals surface area contributed by atoms with Gasteiger partial charge < -0.3 is 24.3 Å². The summed E-state index contributed by atoms with van der Waals surface area (Å²) in [5.74, 6) is -1.63. The molecule has 15 heavy (non-hydrogen) atoms. The van der Waals surface area contributed by atoms with Gasteiger partial charge in [0.25, 0.3) is 0 Å². The molecular weight excluding hydrogens is 202 g/mol. The summed E-state index contributed by atoms with van der Waals surface area (Å²) in [6.45, 7) is -0.0101. The van der Waals surface area contributed by atoms with Crippen LogP contribution in [0.4, 0.5) is 0 Å². The zero-order chi connectivity index (χ0) is 12.3. The van der Waals surface area contributed by atoms with Gasteiger partial charge in [0.05, 0.1) is 21.1 Å². The van der Waals surface area contributed by atoms with Crippen LogP contribution in [0, 0.1) is 5.41 Å². The van der Waals surface area contributed by atoms with Crippen molar-refractivity contribution < 1.29 is 29.1 Å². The average molecular weight is 218 g/mol. The maximum Gasteiger partial charge on any atom is 0.327 e. The second-order valence-electron chi connectivity index (χ2n) is 4.46. The third kappa shape index (κ3) is 3.10. The molecule has 0 aliphatic heterocycles. The van der Waals surface area contributed by atoms with E-state index in [1.165, 1.54) is 0 Å². The molecule has 0 aromatic rings. The summed E-state index contributed by atoms with van der Waals surface area (Å²) in [6, 6.07) is 0. The molecular formula is C9H16NO5+. The molecule has 0 radical (unpaired) electrons. The second kappa shape index (κ2) is 4.50. The maximum atomic E-state index is 10.8. The molecule has 0 heterocycles. The number of hydrogen-bond acceptors (Lipinski definition) is 4. The van der Waals surface area contributed by atoms with Crippen LogP contribution in [0.2, 0.25) is 0 Å². The first-order chi connectivity index (χ1) is 6.69. The fourth-order valence-corrected chi connectivity index (χ4v) is 1.10. The first-order valence-electron chi connectivity index (χ1n) is 4.34. The van der Waals surface area contributed by atoms with E-state index in [0.717, 1.165) is 0 Å². The standard InChI is InChI=1S/C9H15NO5/c1-10(2,3)4-7(13)9(5-11,6-12)8(14)15/h5-7,13H,4H2,1-3H3/p+1. The molecule has 2 N–H and O–H groups in total. The van der Waals surface area contributed by atoms with Gasteiger partial charge in [-0.05, 0) is 0 Å². The van der Waals surface area contributed by atoms with E-state index >= 15 is 0 Å². The third-order valence-electron chi connectivity index (χ3n) is 2.03. The highest BCUT2D eigenvalue weighted by Gasteiger charge is 2.48. The minimum absolute atomic E-state index is 0.0101. The van der Waals surface area contributed by atoms with Crippen molar-refractivity contribution in [3.63, 3.8) is 0 Å². The largest absolute Gasteiger partial charge is 0.480 e. The lowest BCUT2D eigenvalue weighted by Gasteiger charge is -2.31. The summed E-state index contributed by atoms with van der Waals surface area (Å²) in [6.07, 6.45) is -1.59. The predicted molar refractivity (Wildman–Crippen MR) is 51.1 cm³/mol. The summed E-state index contributed by atoms with van der Waals surface area (Å²) in [5.41, 5.74) is -2.36. The van der Waals surface area contributed by atoms with Crippen LogP contribution in [0.3, 0.4) is 0 Å². The van der Waals surface area contributed by atoms with Crippen LogP contribution in [0.15, 0.2) is 0 Å². The first kappa shape index (κ1) is 13.7. The van der Waals surface area contributed by atoms with Gasteiger partial charge in [-0.2, -0.15) is 0 Å². The van der Waals surface area contributed by atoms with E-state index in [-0.39, 0.29) is 23.6 Å². The van der Waals surface area contributed by atoms with Crippen LogP contribution in [-0.4, -0.2) is 67.0 Å². The Labute approximate surface area is 87.7 Å². The van der Waals surface area contributed by atoms with Gasteiger partial charge in [-0.1, -0.05) is 0 Å². The van der Waals surface area contributed by atoms with E-state index < -0.39 is 17.5 Å². The Morgan fingerprint density at radius 1 is 1.33 bits per heavy atom. The van der Waals surface area contributed by atoms with Crippen LogP contribution in [0.5, 0.6) is 0 Å². The second-order valence-corrected chi connectivity index (χ2v) is 4.46. The molecule has 0 fully saturated rings. The topological polar surface area (TPSA) is 91.7 Å². The molecule has 0 bridgehead atoms. The van der Waals surface area contributed by atoms with Gasteiger partial charge in [0.15, 0.2) is 0 Å². The van der Waals surface area contributed by atoms with E-state index in [4.69, 9.17) is 5.11 Å². The Hall–Kier alpha value is -1.27. The molecule has 0 aliphatic rings. The molecule has 0 aromatic carbocycles. The number of likely N-dealkylation sites (N-methyl/N-ethyl adjacent to an activating group) is 1. The maximum absolute atomic E-state index is 10.8. The van der Waals surface area contributed by atoms with Crippen molar-refractivity contribution in [1.29, 1.82) is 0 Å². The molecule has 0 spiro atoms.